The number of para-hydroxylation sites is 1. The van der Waals surface area contributed by atoms with Gasteiger partial charge in [-0.25, -0.2) is 4.98 Å². The molecule has 0 fully saturated rings. The molecule has 2 aromatic rings. The number of alkyl halides is 1. The first-order valence-corrected chi connectivity index (χ1v) is 7.38. The standard InChI is InChI=1S/C14H17BrN2O/c1-2-5-11(8-15)9-17-10-16-13-7-4-3-6-12(13)14(17)18/h3-4,6-7,10-11H,2,5,8-9H2,1H3. The Labute approximate surface area is 115 Å². The number of benzene rings is 1. The molecule has 0 N–H and O–H groups in total. The predicted octanol–water partition coefficient (Wildman–Crippen LogP) is 3.21. The molecule has 0 saturated carbocycles. The minimum atomic E-state index is 0.0580. The Morgan fingerprint density at radius 2 is 2.17 bits per heavy atom. The van der Waals surface area contributed by atoms with Gasteiger partial charge in [-0.2, -0.15) is 0 Å². The Balaban J connectivity index is 2.34. The number of hydrogen-bond acceptors (Lipinski definition) is 2. The third-order valence-corrected chi connectivity index (χ3v) is 4.02. The Bertz CT molecular complexity index is 579. The predicted molar refractivity (Wildman–Crippen MR) is 78.2 cm³/mol. The van der Waals surface area contributed by atoms with E-state index < -0.39 is 0 Å². The smallest absolute Gasteiger partial charge is 0.261 e. The average molecular weight is 309 g/mol. The highest BCUT2D eigenvalue weighted by Gasteiger charge is 2.09. The van der Waals surface area contributed by atoms with E-state index in [9.17, 15) is 4.79 Å². The van der Waals surface area contributed by atoms with Crippen LogP contribution in [0.3, 0.4) is 0 Å². The van der Waals surface area contributed by atoms with Gasteiger partial charge in [0.1, 0.15) is 0 Å². The molecule has 0 aliphatic rings. The third kappa shape index (κ3) is 2.80. The van der Waals surface area contributed by atoms with Crippen LogP contribution in [0.1, 0.15) is 19.8 Å². The lowest BCUT2D eigenvalue weighted by Crippen LogP contribution is -2.25. The summed E-state index contributed by atoms with van der Waals surface area (Å²) in [5.41, 5.74) is 0.826. The molecule has 1 aromatic heterocycles. The first-order valence-electron chi connectivity index (χ1n) is 6.26. The molecular weight excluding hydrogens is 292 g/mol. The van der Waals surface area contributed by atoms with Gasteiger partial charge in [0.15, 0.2) is 0 Å². The number of rotatable bonds is 5. The maximum Gasteiger partial charge on any atom is 0.261 e. The van der Waals surface area contributed by atoms with Crippen molar-refractivity contribution in [2.45, 2.75) is 26.3 Å². The van der Waals surface area contributed by atoms with Crippen molar-refractivity contribution in [2.24, 2.45) is 5.92 Å². The highest BCUT2D eigenvalue weighted by molar-refractivity contribution is 9.09. The molecule has 2 rings (SSSR count). The zero-order valence-corrected chi connectivity index (χ0v) is 12.1. The normalized spacial score (nSPS) is 12.8. The van der Waals surface area contributed by atoms with Gasteiger partial charge in [0.25, 0.3) is 5.56 Å². The number of hydrogen-bond donors (Lipinski definition) is 0. The van der Waals surface area contributed by atoms with Crippen molar-refractivity contribution in [3.05, 3.63) is 40.9 Å². The van der Waals surface area contributed by atoms with Crippen LogP contribution in [0.2, 0.25) is 0 Å². The van der Waals surface area contributed by atoms with Crippen molar-refractivity contribution in [3.8, 4) is 0 Å². The van der Waals surface area contributed by atoms with E-state index in [1.165, 1.54) is 0 Å². The van der Waals surface area contributed by atoms with E-state index in [0.717, 1.165) is 30.2 Å². The Kier molecular flexibility index (Phi) is 4.53. The van der Waals surface area contributed by atoms with Crippen molar-refractivity contribution in [1.29, 1.82) is 0 Å². The Morgan fingerprint density at radius 1 is 1.39 bits per heavy atom. The van der Waals surface area contributed by atoms with E-state index in [1.54, 1.807) is 10.9 Å². The maximum absolute atomic E-state index is 12.3. The fourth-order valence-electron chi connectivity index (χ4n) is 2.14. The third-order valence-electron chi connectivity index (χ3n) is 3.10. The first-order chi connectivity index (χ1) is 8.76. The molecule has 3 nitrogen and oxygen atoms in total. The van der Waals surface area contributed by atoms with Crippen LogP contribution in [0.4, 0.5) is 0 Å². The second-order valence-electron chi connectivity index (χ2n) is 4.53. The summed E-state index contributed by atoms with van der Waals surface area (Å²) in [6, 6.07) is 7.49. The highest BCUT2D eigenvalue weighted by atomic mass is 79.9. The molecule has 96 valence electrons. The summed E-state index contributed by atoms with van der Waals surface area (Å²) in [5, 5.41) is 1.62. The van der Waals surface area contributed by atoms with Gasteiger partial charge in [0, 0.05) is 11.9 Å². The van der Waals surface area contributed by atoms with Gasteiger partial charge in [-0.05, 0) is 24.5 Å². The molecule has 18 heavy (non-hydrogen) atoms. The molecule has 0 saturated heterocycles. The zero-order valence-electron chi connectivity index (χ0n) is 10.5. The van der Waals surface area contributed by atoms with E-state index in [2.05, 4.69) is 27.8 Å². The number of halogens is 1. The summed E-state index contributed by atoms with van der Waals surface area (Å²) >= 11 is 3.51. The molecule has 1 atom stereocenters. The van der Waals surface area contributed by atoms with E-state index in [4.69, 9.17) is 0 Å². The molecular formula is C14H17BrN2O. The fraction of sp³-hybridized carbons (Fsp3) is 0.429. The van der Waals surface area contributed by atoms with E-state index in [0.29, 0.717) is 11.3 Å². The van der Waals surface area contributed by atoms with Crippen LogP contribution >= 0.6 is 15.9 Å². The molecule has 1 aromatic carbocycles. The number of aromatic nitrogens is 2. The lowest BCUT2D eigenvalue weighted by Gasteiger charge is -2.14. The molecule has 0 spiro atoms. The fourth-order valence-corrected chi connectivity index (χ4v) is 2.67. The SMILES string of the molecule is CCCC(CBr)Cn1cnc2ccccc2c1=O. The van der Waals surface area contributed by atoms with Gasteiger partial charge in [-0.15, -0.1) is 0 Å². The lowest BCUT2D eigenvalue weighted by atomic mass is 10.1. The number of nitrogens with zero attached hydrogens (tertiary/aromatic N) is 2. The largest absolute Gasteiger partial charge is 0.298 e. The summed E-state index contributed by atoms with van der Waals surface area (Å²) < 4.78 is 1.73. The van der Waals surface area contributed by atoms with Gasteiger partial charge in [-0.3, -0.25) is 9.36 Å². The topological polar surface area (TPSA) is 34.9 Å². The maximum atomic E-state index is 12.3. The number of fused-ring (bicyclic) bond motifs is 1. The second kappa shape index (κ2) is 6.14. The molecule has 0 aliphatic heterocycles. The summed E-state index contributed by atoms with van der Waals surface area (Å²) in [7, 11) is 0. The molecule has 0 bridgehead atoms. The van der Waals surface area contributed by atoms with Crippen LogP contribution in [-0.2, 0) is 6.54 Å². The van der Waals surface area contributed by atoms with Crippen LogP contribution in [0.15, 0.2) is 35.4 Å². The zero-order chi connectivity index (χ0) is 13.0. The lowest BCUT2D eigenvalue weighted by molar-refractivity contribution is 0.446. The van der Waals surface area contributed by atoms with E-state index in [1.807, 2.05) is 24.3 Å². The van der Waals surface area contributed by atoms with Crippen LogP contribution in [0.25, 0.3) is 10.9 Å². The molecule has 0 radical (unpaired) electrons. The van der Waals surface area contributed by atoms with Crippen molar-refractivity contribution >= 4 is 26.8 Å². The van der Waals surface area contributed by atoms with Crippen LogP contribution in [-0.4, -0.2) is 14.9 Å². The summed E-state index contributed by atoms with van der Waals surface area (Å²) in [6.07, 6.45) is 3.91. The minimum absolute atomic E-state index is 0.0580. The first kappa shape index (κ1) is 13.3. The van der Waals surface area contributed by atoms with E-state index in [-0.39, 0.29) is 5.56 Å². The average Bonchev–Trinajstić information content (AvgIpc) is 2.41. The minimum Gasteiger partial charge on any atom is -0.298 e. The van der Waals surface area contributed by atoms with Gasteiger partial charge in [-0.1, -0.05) is 41.4 Å². The molecule has 1 heterocycles. The summed E-state index contributed by atoms with van der Waals surface area (Å²) in [4.78, 5) is 16.6. The quantitative estimate of drug-likeness (QED) is 0.795. The van der Waals surface area contributed by atoms with Gasteiger partial charge in [0.05, 0.1) is 17.2 Å². The monoisotopic (exact) mass is 308 g/mol. The molecule has 0 amide bonds. The van der Waals surface area contributed by atoms with Crippen molar-refractivity contribution in [1.82, 2.24) is 9.55 Å². The molecule has 0 aliphatic carbocycles. The van der Waals surface area contributed by atoms with Crippen LogP contribution in [0, 0.1) is 5.92 Å². The Morgan fingerprint density at radius 3 is 2.89 bits per heavy atom. The van der Waals surface area contributed by atoms with E-state index >= 15 is 0 Å². The second-order valence-corrected chi connectivity index (χ2v) is 5.18. The summed E-state index contributed by atoms with van der Waals surface area (Å²) in [5.74, 6) is 0.482. The van der Waals surface area contributed by atoms with Crippen molar-refractivity contribution in [2.75, 3.05) is 5.33 Å². The van der Waals surface area contributed by atoms with Crippen molar-refractivity contribution < 1.29 is 0 Å². The van der Waals surface area contributed by atoms with Crippen LogP contribution < -0.4 is 5.56 Å². The van der Waals surface area contributed by atoms with Gasteiger partial charge in [0.2, 0.25) is 0 Å². The molecule has 1 unspecified atom stereocenters. The van der Waals surface area contributed by atoms with Crippen molar-refractivity contribution in [3.63, 3.8) is 0 Å². The summed E-state index contributed by atoms with van der Waals surface area (Å²) in [6.45, 7) is 2.90. The van der Waals surface area contributed by atoms with Gasteiger partial charge >= 0.3 is 0 Å². The van der Waals surface area contributed by atoms with Crippen LogP contribution in [0.5, 0.6) is 0 Å². The highest BCUT2D eigenvalue weighted by Crippen LogP contribution is 2.12. The molecule has 4 heteroatoms. The Hall–Kier alpha value is -1.16. The van der Waals surface area contributed by atoms with Gasteiger partial charge < -0.3 is 0 Å².